The molecule has 1 saturated carbocycles. The summed E-state index contributed by atoms with van der Waals surface area (Å²) in [5, 5.41) is 15.5. The molecule has 0 saturated heterocycles. The topological polar surface area (TPSA) is 107 Å². The van der Waals surface area contributed by atoms with Crippen molar-refractivity contribution in [3.8, 4) is 11.3 Å². The number of carbonyl (C=O) groups is 1. The summed E-state index contributed by atoms with van der Waals surface area (Å²) >= 11 is 0. The lowest BCUT2D eigenvalue weighted by molar-refractivity contribution is -0.125. The second kappa shape index (κ2) is 8.94. The van der Waals surface area contributed by atoms with Crippen LogP contribution in [0.3, 0.4) is 0 Å². The van der Waals surface area contributed by atoms with Gasteiger partial charge in [0, 0.05) is 36.3 Å². The summed E-state index contributed by atoms with van der Waals surface area (Å²) in [6.45, 7) is 8.53. The van der Waals surface area contributed by atoms with Crippen molar-refractivity contribution in [2.24, 2.45) is 16.8 Å². The Kier molecular flexibility index (Phi) is 6.07. The Morgan fingerprint density at radius 3 is 2.78 bits per heavy atom. The van der Waals surface area contributed by atoms with Crippen LogP contribution in [0.15, 0.2) is 42.5 Å². The zero-order valence-corrected chi connectivity index (χ0v) is 18.8. The van der Waals surface area contributed by atoms with Crippen LogP contribution >= 0.6 is 0 Å². The van der Waals surface area contributed by atoms with E-state index < -0.39 is 0 Å². The fourth-order valence-electron chi connectivity index (χ4n) is 4.14. The van der Waals surface area contributed by atoms with Gasteiger partial charge < -0.3 is 5.73 Å². The second-order valence-corrected chi connectivity index (χ2v) is 8.38. The number of allylic oxidation sites excluding steroid dienone is 1. The Balaban J connectivity index is 1.59. The average Bonchev–Trinajstić information content (AvgIpc) is 3.40. The zero-order chi connectivity index (χ0) is 22.8. The van der Waals surface area contributed by atoms with Gasteiger partial charge in [0.2, 0.25) is 5.91 Å². The first kappa shape index (κ1) is 21.7. The maximum absolute atomic E-state index is 11.3. The van der Waals surface area contributed by atoms with Gasteiger partial charge in [0.15, 0.2) is 0 Å². The summed E-state index contributed by atoms with van der Waals surface area (Å²) in [4.78, 5) is 16.2. The molecule has 0 bridgehead atoms. The van der Waals surface area contributed by atoms with E-state index in [4.69, 9.17) is 10.7 Å². The van der Waals surface area contributed by atoms with E-state index in [1.54, 1.807) is 23.1 Å². The number of nitrogens with zero attached hydrogens (tertiary/aromatic N) is 7. The first-order valence-electron chi connectivity index (χ1n) is 11.1. The van der Waals surface area contributed by atoms with Crippen molar-refractivity contribution in [1.82, 2.24) is 29.4 Å². The number of primary amides is 1. The highest BCUT2D eigenvalue weighted by molar-refractivity contribution is 6.10. The van der Waals surface area contributed by atoms with Gasteiger partial charge in [-0.05, 0) is 31.7 Å². The Bertz CT molecular complexity index is 1150. The molecule has 0 atom stereocenters. The number of amides is 1. The standard InChI is InChI=1S/C23H30N8O/c1-5-18(6-2)29(4)26-11-15(3)22-21-7-8-25-31(21)14-20(28-22)17-12-27-30(13-17)19-9-16(10-19)23(24)32/h7-8,11-14,16,18-19H,3,5-6,9-10H2,1-2,4H3,(H2,24,32)/b26-11-. The molecule has 3 aromatic heterocycles. The number of rotatable bonds is 9. The lowest BCUT2D eigenvalue weighted by atomic mass is 9.80. The normalized spacial score (nSPS) is 18.4. The van der Waals surface area contributed by atoms with Crippen LogP contribution in [0.25, 0.3) is 22.3 Å². The monoisotopic (exact) mass is 434 g/mol. The van der Waals surface area contributed by atoms with Crippen molar-refractivity contribution in [1.29, 1.82) is 0 Å². The van der Waals surface area contributed by atoms with Crippen LogP contribution in [0.5, 0.6) is 0 Å². The number of carbonyl (C=O) groups excluding carboxylic acids is 1. The van der Waals surface area contributed by atoms with Gasteiger partial charge in [-0.15, -0.1) is 0 Å². The van der Waals surface area contributed by atoms with Gasteiger partial charge in [0.05, 0.1) is 47.8 Å². The highest BCUT2D eigenvalue weighted by Gasteiger charge is 2.34. The van der Waals surface area contributed by atoms with Crippen molar-refractivity contribution in [3.63, 3.8) is 0 Å². The maximum Gasteiger partial charge on any atom is 0.220 e. The molecule has 1 aliphatic carbocycles. The predicted octanol–water partition coefficient (Wildman–Crippen LogP) is 3.15. The molecule has 1 amide bonds. The molecular formula is C23H30N8O. The van der Waals surface area contributed by atoms with Gasteiger partial charge in [0.1, 0.15) is 0 Å². The Morgan fingerprint density at radius 2 is 2.09 bits per heavy atom. The summed E-state index contributed by atoms with van der Waals surface area (Å²) in [5.41, 5.74) is 9.32. The highest BCUT2D eigenvalue weighted by Crippen LogP contribution is 2.37. The third kappa shape index (κ3) is 4.15. The summed E-state index contributed by atoms with van der Waals surface area (Å²) in [5.74, 6) is -0.294. The van der Waals surface area contributed by atoms with Crippen LogP contribution in [0.2, 0.25) is 0 Å². The van der Waals surface area contributed by atoms with Crippen LogP contribution in [0, 0.1) is 5.92 Å². The summed E-state index contributed by atoms with van der Waals surface area (Å²) in [6.07, 6.45) is 12.7. The summed E-state index contributed by atoms with van der Waals surface area (Å²) in [6, 6.07) is 2.49. The average molecular weight is 435 g/mol. The molecule has 9 nitrogen and oxygen atoms in total. The zero-order valence-electron chi connectivity index (χ0n) is 18.8. The molecular weight excluding hydrogens is 404 g/mol. The molecule has 0 radical (unpaired) electrons. The number of hydrazone groups is 1. The molecule has 0 unspecified atom stereocenters. The minimum atomic E-state index is -0.237. The molecule has 168 valence electrons. The quantitative estimate of drug-likeness (QED) is 0.411. The largest absolute Gasteiger partial charge is 0.369 e. The number of nitrogens with two attached hydrogens (primary N) is 1. The van der Waals surface area contributed by atoms with E-state index in [0.29, 0.717) is 11.6 Å². The van der Waals surface area contributed by atoms with Gasteiger partial charge >= 0.3 is 0 Å². The lowest BCUT2D eigenvalue weighted by Crippen LogP contribution is -2.36. The van der Waals surface area contributed by atoms with Gasteiger partial charge in [-0.3, -0.25) is 14.5 Å². The van der Waals surface area contributed by atoms with Gasteiger partial charge in [0.25, 0.3) is 0 Å². The molecule has 9 heteroatoms. The Hall–Kier alpha value is -3.49. The van der Waals surface area contributed by atoms with Crippen molar-refractivity contribution in [3.05, 3.63) is 43.1 Å². The molecule has 4 rings (SSSR count). The first-order chi connectivity index (χ1) is 15.4. The SMILES string of the molecule is C=C(/C=N\N(C)C(CC)CC)c1nc(-c2cnn(C3CC(C(N)=O)C3)c2)cn2nccc12. The van der Waals surface area contributed by atoms with Crippen LogP contribution in [0.4, 0.5) is 0 Å². The third-order valence-electron chi connectivity index (χ3n) is 6.35. The van der Waals surface area contributed by atoms with E-state index in [1.807, 2.05) is 35.2 Å². The van der Waals surface area contributed by atoms with E-state index in [1.165, 1.54) is 0 Å². The van der Waals surface area contributed by atoms with Gasteiger partial charge in [-0.2, -0.15) is 15.3 Å². The Morgan fingerprint density at radius 1 is 1.34 bits per heavy atom. The second-order valence-electron chi connectivity index (χ2n) is 8.38. The highest BCUT2D eigenvalue weighted by atomic mass is 16.1. The number of fused-ring (bicyclic) bond motifs is 1. The van der Waals surface area contributed by atoms with Crippen molar-refractivity contribution in [2.75, 3.05) is 7.05 Å². The number of hydrogen-bond donors (Lipinski definition) is 1. The lowest BCUT2D eigenvalue weighted by Gasteiger charge is -2.32. The van der Waals surface area contributed by atoms with E-state index in [2.05, 4.69) is 35.7 Å². The molecule has 1 aliphatic rings. The fraction of sp³-hybridized carbons (Fsp3) is 0.435. The third-order valence-corrected chi connectivity index (χ3v) is 6.35. The van der Waals surface area contributed by atoms with Crippen molar-refractivity contribution >= 4 is 23.2 Å². The first-order valence-corrected chi connectivity index (χ1v) is 11.1. The Labute approximate surface area is 187 Å². The van der Waals surface area contributed by atoms with Gasteiger partial charge in [-0.1, -0.05) is 20.4 Å². The van der Waals surface area contributed by atoms with Crippen molar-refractivity contribution in [2.45, 2.75) is 51.6 Å². The molecule has 2 N–H and O–H groups in total. The molecule has 0 aromatic carbocycles. The van der Waals surface area contributed by atoms with E-state index in [9.17, 15) is 4.79 Å². The van der Waals surface area contributed by atoms with Crippen molar-refractivity contribution < 1.29 is 4.79 Å². The molecule has 3 aromatic rings. The minimum Gasteiger partial charge on any atom is -0.369 e. The van der Waals surface area contributed by atoms with Gasteiger partial charge in [-0.25, -0.2) is 9.50 Å². The fourth-order valence-corrected chi connectivity index (χ4v) is 4.14. The maximum atomic E-state index is 11.3. The minimum absolute atomic E-state index is 0.0569. The number of hydrogen-bond acceptors (Lipinski definition) is 6. The van der Waals surface area contributed by atoms with Crippen LogP contribution in [-0.4, -0.2) is 54.6 Å². The molecule has 32 heavy (non-hydrogen) atoms. The summed E-state index contributed by atoms with van der Waals surface area (Å²) < 4.78 is 3.69. The smallest absolute Gasteiger partial charge is 0.220 e. The summed E-state index contributed by atoms with van der Waals surface area (Å²) in [7, 11) is 1.98. The van der Waals surface area contributed by atoms with Crippen LogP contribution < -0.4 is 5.73 Å². The van der Waals surface area contributed by atoms with Crippen LogP contribution in [-0.2, 0) is 4.79 Å². The van der Waals surface area contributed by atoms with Crippen LogP contribution in [0.1, 0.15) is 51.3 Å². The van der Waals surface area contributed by atoms with E-state index >= 15 is 0 Å². The molecule has 1 fully saturated rings. The van der Waals surface area contributed by atoms with E-state index in [-0.39, 0.29) is 17.9 Å². The molecule has 0 aliphatic heterocycles. The predicted molar refractivity (Wildman–Crippen MR) is 125 cm³/mol. The van der Waals surface area contributed by atoms with E-state index in [0.717, 1.165) is 48.2 Å². The molecule has 0 spiro atoms. The number of aromatic nitrogens is 5. The molecule has 3 heterocycles.